The molecule has 1 saturated heterocycles. The normalized spacial score (nSPS) is 34.3. The van der Waals surface area contributed by atoms with Gasteiger partial charge in [-0.1, -0.05) is 20.3 Å². The lowest BCUT2D eigenvalue weighted by atomic mass is 10.0. The number of carbonyl (C=O) groups excluding carboxylic acids is 2. The summed E-state index contributed by atoms with van der Waals surface area (Å²) >= 11 is 0. The maximum Gasteiger partial charge on any atom is 0.242 e. The Bertz CT molecular complexity index is 301. The van der Waals surface area contributed by atoms with E-state index in [1.165, 1.54) is 0 Å². The number of amides is 2. The first-order chi connectivity index (χ1) is 7.58. The second-order valence-electron chi connectivity index (χ2n) is 5.34. The topological polar surface area (TPSA) is 58.2 Å². The van der Waals surface area contributed by atoms with E-state index in [2.05, 4.69) is 24.5 Å². The third kappa shape index (κ3) is 2.20. The second-order valence-corrected chi connectivity index (χ2v) is 5.34. The molecule has 4 heteroatoms. The molecular formula is C12H20N2O2. The summed E-state index contributed by atoms with van der Waals surface area (Å²) < 4.78 is 0. The summed E-state index contributed by atoms with van der Waals surface area (Å²) in [4.78, 5) is 23.8. The molecule has 0 aromatic heterocycles. The minimum absolute atomic E-state index is 0.00103. The van der Waals surface area contributed by atoms with Crippen molar-refractivity contribution in [2.24, 2.45) is 11.8 Å². The largest absolute Gasteiger partial charge is 0.351 e. The first-order valence-electron chi connectivity index (χ1n) is 6.18. The maximum atomic E-state index is 11.9. The van der Waals surface area contributed by atoms with Crippen molar-refractivity contribution in [1.82, 2.24) is 10.6 Å². The van der Waals surface area contributed by atoms with Crippen LogP contribution in [0, 0.1) is 11.8 Å². The van der Waals surface area contributed by atoms with Gasteiger partial charge in [0.25, 0.3) is 0 Å². The van der Waals surface area contributed by atoms with E-state index >= 15 is 0 Å². The first-order valence-corrected chi connectivity index (χ1v) is 6.18. The number of hydrogen-bond acceptors (Lipinski definition) is 2. The van der Waals surface area contributed by atoms with E-state index in [0.717, 1.165) is 25.7 Å². The molecule has 0 aromatic rings. The van der Waals surface area contributed by atoms with Crippen molar-refractivity contribution in [3.8, 4) is 0 Å². The molecule has 0 bridgehead atoms. The Morgan fingerprint density at radius 3 is 2.62 bits per heavy atom. The summed E-state index contributed by atoms with van der Waals surface area (Å²) in [7, 11) is 0. The summed E-state index contributed by atoms with van der Waals surface area (Å²) in [6, 6.07) is -0.261. The van der Waals surface area contributed by atoms with Gasteiger partial charge in [0.05, 0.1) is 5.92 Å². The lowest BCUT2D eigenvalue weighted by Crippen LogP contribution is -2.44. The van der Waals surface area contributed by atoms with E-state index in [9.17, 15) is 9.59 Å². The Kier molecular flexibility index (Phi) is 3.17. The molecular weight excluding hydrogens is 204 g/mol. The van der Waals surface area contributed by atoms with Crippen molar-refractivity contribution in [1.29, 1.82) is 0 Å². The highest BCUT2D eigenvalue weighted by atomic mass is 16.2. The molecule has 3 atom stereocenters. The van der Waals surface area contributed by atoms with Crippen LogP contribution in [0.2, 0.25) is 0 Å². The second kappa shape index (κ2) is 4.44. The van der Waals surface area contributed by atoms with Crippen molar-refractivity contribution in [2.75, 3.05) is 0 Å². The van der Waals surface area contributed by atoms with E-state index < -0.39 is 0 Å². The van der Waals surface area contributed by atoms with Crippen LogP contribution in [0.15, 0.2) is 0 Å². The lowest BCUT2D eigenvalue weighted by Gasteiger charge is -2.17. The molecule has 2 fully saturated rings. The SMILES string of the molecule is CC(C)C[C@@H]1NC(=O)C2CCCC2NC1=O. The third-order valence-corrected chi connectivity index (χ3v) is 3.52. The van der Waals surface area contributed by atoms with E-state index in [0.29, 0.717) is 5.92 Å². The van der Waals surface area contributed by atoms with Crippen LogP contribution < -0.4 is 10.6 Å². The van der Waals surface area contributed by atoms with Gasteiger partial charge in [-0.2, -0.15) is 0 Å². The zero-order valence-corrected chi connectivity index (χ0v) is 9.95. The molecule has 1 aliphatic heterocycles. The van der Waals surface area contributed by atoms with Crippen LogP contribution in [0.5, 0.6) is 0 Å². The molecule has 16 heavy (non-hydrogen) atoms. The minimum atomic E-state index is -0.335. The van der Waals surface area contributed by atoms with Crippen molar-refractivity contribution in [2.45, 2.75) is 51.6 Å². The molecule has 1 heterocycles. The highest BCUT2D eigenvalue weighted by Crippen LogP contribution is 2.27. The van der Waals surface area contributed by atoms with E-state index in [1.807, 2.05) is 0 Å². The molecule has 1 aliphatic carbocycles. The molecule has 4 nitrogen and oxygen atoms in total. The van der Waals surface area contributed by atoms with Gasteiger partial charge in [0.1, 0.15) is 6.04 Å². The van der Waals surface area contributed by atoms with Crippen molar-refractivity contribution < 1.29 is 9.59 Å². The zero-order valence-electron chi connectivity index (χ0n) is 9.95. The van der Waals surface area contributed by atoms with Crippen LogP contribution in [-0.4, -0.2) is 23.9 Å². The number of fused-ring (bicyclic) bond motifs is 1. The van der Waals surface area contributed by atoms with Crippen LogP contribution in [-0.2, 0) is 9.59 Å². The molecule has 2 amide bonds. The van der Waals surface area contributed by atoms with Gasteiger partial charge < -0.3 is 10.6 Å². The molecule has 1 saturated carbocycles. The summed E-state index contributed by atoms with van der Waals surface area (Å²) in [5, 5.41) is 5.88. The van der Waals surface area contributed by atoms with Gasteiger partial charge in [0.2, 0.25) is 11.8 Å². The Hall–Kier alpha value is -1.06. The monoisotopic (exact) mass is 224 g/mol. The fourth-order valence-electron chi connectivity index (χ4n) is 2.71. The average Bonchev–Trinajstić information content (AvgIpc) is 2.60. The number of hydrogen-bond donors (Lipinski definition) is 2. The number of carbonyl (C=O) groups is 2. The van der Waals surface area contributed by atoms with Gasteiger partial charge in [-0.15, -0.1) is 0 Å². The molecule has 2 rings (SSSR count). The van der Waals surface area contributed by atoms with Gasteiger partial charge >= 0.3 is 0 Å². The van der Waals surface area contributed by atoms with E-state index in [4.69, 9.17) is 0 Å². The molecule has 2 aliphatic rings. The fourth-order valence-corrected chi connectivity index (χ4v) is 2.71. The molecule has 0 aromatic carbocycles. The fraction of sp³-hybridized carbons (Fsp3) is 0.833. The Morgan fingerprint density at radius 2 is 1.94 bits per heavy atom. The molecule has 2 N–H and O–H groups in total. The van der Waals surface area contributed by atoms with Crippen LogP contribution in [0.4, 0.5) is 0 Å². The Labute approximate surface area is 96.2 Å². The average molecular weight is 224 g/mol. The number of rotatable bonds is 2. The lowest BCUT2D eigenvalue weighted by molar-refractivity contribution is -0.128. The Balaban J connectivity index is 2.09. The number of nitrogens with one attached hydrogen (secondary N) is 2. The van der Waals surface area contributed by atoms with Crippen molar-refractivity contribution in [3.05, 3.63) is 0 Å². The van der Waals surface area contributed by atoms with Crippen LogP contribution in [0.3, 0.4) is 0 Å². The maximum absolute atomic E-state index is 11.9. The van der Waals surface area contributed by atoms with E-state index in [-0.39, 0.29) is 29.8 Å². The first kappa shape index (κ1) is 11.4. The van der Waals surface area contributed by atoms with Gasteiger partial charge in [-0.3, -0.25) is 9.59 Å². The third-order valence-electron chi connectivity index (χ3n) is 3.52. The highest BCUT2D eigenvalue weighted by Gasteiger charge is 2.39. The molecule has 2 unspecified atom stereocenters. The quantitative estimate of drug-likeness (QED) is 0.729. The van der Waals surface area contributed by atoms with Gasteiger partial charge in [0, 0.05) is 6.04 Å². The summed E-state index contributed by atoms with van der Waals surface area (Å²) in [5.41, 5.74) is 0. The summed E-state index contributed by atoms with van der Waals surface area (Å²) in [6.45, 7) is 4.12. The van der Waals surface area contributed by atoms with Crippen molar-refractivity contribution in [3.63, 3.8) is 0 Å². The predicted octanol–water partition coefficient (Wildman–Crippen LogP) is 0.816. The smallest absolute Gasteiger partial charge is 0.242 e. The molecule has 0 radical (unpaired) electrons. The van der Waals surface area contributed by atoms with Gasteiger partial charge in [-0.05, 0) is 25.2 Å². The standard InChI is InChI=1S/C12H20N2O2/c1-7(2)6-10-12(16)13-9-5-3-4-8(9)11(15)14-10/h7-10H,3-6H2,1-2H3,(H,13,16)(H,14,15)/t8?,9?,10-/m0/s1. The highest BCUT2D eigenvalue weighted by molar-refractivity contribution is 5.91. The van der Waals surface area contributed by atoms with Crippen LogP contribution in [0.25, 0.3) is 0 Å². The molecule has 90 valence electrons. The van der Waals surface area contributed by atoms with Gasteiger partial charge in [-0.25, -0.2) is 0 Å². The Morgan fingerprint density at radius 1 is 1.19 bits per heavy atom. The van der Waals surface area contributed by atoms with Crippen molar-refractivity contribution >= 4 is 11.8 Å². The van der Waals surface area contributed by atoms with E-state index in [1.54, 1.807) is 0 Å². The zero-order chi connectivity index (χ0) is 11.7. The van der Waals surface area contributed by atoms with Gasteiger partial charge in [0.15, 0.2) is 0 Å². The van der Waals surface area contributed by atoms with Crippen LogP contribution >= 0.6 is 0 Å². The molecule has 0 spiro atoms. The minimum Gasteiger partial charge on any atom is -0.351 e. The predicted molar refractivity (Wildman–Crippen MR) is 60.7 cm³/mol. The summed E-state index contributed by atoms with van der Waals surface area (Å²) in [5.74, 6) is 0.470. The van der Waals surface area contributed by atoms with Crippen LogP contribution in [0.1, 0.15) is 39.5 Å². The summed E-state index contributed by atoms with van der Waals surface area (Å²) in [6.07, 6.45) is 3.61.